The Morgan fingerprint density at radius 2 is 1.95 bits per heavy atom. The minimum atomic E-state index is -4.28. The van der Waals surface area contributed by atoms with Gasteiger partial charge in [-0.1, -0.05) is 12.1 Å². The van der Waals surface area contributed by atoms with Gasteiger partial charge in [-0.3, -0.25) is 0 Å². The van der Waals surface area contributed by atoms with Crippen molar-refractivity contribution >= 4 is 11.0 Å². The Morgan fingerprint density at radius 1 is 1.26 bits per heavy atom. The zero-order valence-corrected chi connectivity index (χ0v) is 10.2. The SMILES string of the molecule is NC1(c2nc3ccccc3n2CC(F)(F)F)CCC1. The number of nitrogens with two attached hydrogens (primary N) is 1. The Hall–Kier alpha value is -1.56. The van der Waals surface area contributed by atoms with E-state index < -0.39 is 18.3 Å². The summed E-state index contributed by atoms with van der Waals surface area (Å²) in [4.78, 5) is 4.33. The second kappa shape index (κ2) is 3.96. The lowest BCUT2D eigenvalue weighted by Crippen LogP contribution is -2.46. The summed E-state index contributed by atoms with van der Waals surface area (Å²) in [7, 11) is 0. The maximum Gasteiger partial charge on any atom is 0.406 e. The Labute approximate surface area is 108 Å². The Bertz CT molecular complexity index is 611. The molecule has 1 aromatic carbocycles. The van der Waals surface area contributed by atoms with Crippen molar-refractivity contribution in [2.75, 3.05) is 0 Å². The molecule has 1 aliphatic carbocycles. The van der Waals surface area contributed by atoms with E-state index in [-0.39, 0.29) is 0 Å². The van der Waals surface area contributed by atoms with Crippen LogP contribution in [0.3, 0.4) is 0 Å². The molecule has 0 amide bonds. The molecule has 6 heteroatoms. The molecule has 1 aromatic heterocycles. The number of hydrogen-bond acceptors (Lipinski definition) is 2. The van der Waals surface area contributed by atoms with Crippen molar-refractivity contribution in [1.29, 1.82) is 0 Å². The molecule has 0 atom stereocenters. The molecule has 2 aromatic rings. The first-order chi connectivity index (χ1) is 8.89. The average molecular weight is 269 g/mol. The molecule has 0 unspecified atom stereocenters. The van der Waals surface area contributed by atoms with Gasteiger partial charge in [0.2, 0.25) is 0 Å². The van der Waals surface area contributed by atoms with Gasteiger partial charge >= 0.3 is 6.18 Å². The Balaban J connectivity index is 2.17. The van der Waals surface area contributed by atoms with E-state index in [0.717, 1.165) is 6.42 Å². The summed E-state index contributed by atoms with van der Waals surface area (Å²) in [5.41, 5.74) is 6.51. The predicted molar refractivity (Wildman–Crippen MR) is 65.5 cm³/mol. The molecular weight excluding hydrogens is 255 g/mol. The quantitative estimate of drug-likeness (QED) is 0.911. The molecule has 0 radical (unpaired) electrons. The van der Waals surface area contributed by atoms with Crippen molar-refractivity contribution in [1.82, 2.24) is 9.55 Å². The summed E-state index contributed by atoms with van der Waals surface area (Å²) >= 11 is 0. The van der Waals surface area contributed by atoms with Gasteiger partial charge in [0.05, 0.1) is 16.6 Å². The number of aromatic nitrogens is 2. The highest BCUT2D eigenvalue weighted by molar-refractivity contribution is 5.76. The van der Waals surface area contributed by atoms with Crippen LogP contribution < -0.4 is 5.73 Å². The molecule has 2 N–H and O–H groups in total. The number of fused-ring (bicyclic) bond motifs is 1. The minimum absolute atomic E-state index is 0.359. The number of halogens is 3. The fourth-order valence-electron chi connectivity index (χ4n) is 2.58. The predicted octanol–water partition coefficient (Wildman–Crippen LogP) is 2.94. The largest absolute Gasteiger partial charge is 0.406 e. The van der Waals surface area contributed by atoms with Gasteiger partial charge in [-0.25, -0.2) is 4.98 Å². The Kier molecular flexibility index (Phi) is 2.60. The molecule has 0 spiro atoms. The molecule has 1 heterocycles. The first-order valence-electron chi connectivity index (χ1n) is 6.20. The van der Waals surface area contributed by atoms with Crippen LogP contribution in [0.1, 0.15) is 25.1 Å². The molecule has 3 nitrogen and oxygen atoms in total. The van der Waals surface area contributed by atoms with E-state index in [1.165, 1.54) is 4.57 Å². The third kappa shape index (κ3) is 2.10. The standard InChI is InChI=1S/C13H14F3N3/c14-13(15,16)8-19-10-5-2-1-4-9(10)18-11(19)12(17)6-3-7-12/h1-2,4-5H,3,6-8,17H2. The molecule has 1 fully saturated rings. The first-order valence-corrected chi connectivity index (χ1v) is 6.20. The highest BCUT2D eigenvalue weighted by Gasteiger charge is 2.41. The summed E-state index contributed by atoms with van der Waals surface area (Å²) in [5.74, 6) is 0.359. The van der Waals surface area contributed by atoms with Crippen LogP contribution in [0.25, 0.3) is 11.0 Å². The number of hydrogen-bond donors (Lipinski definition) is 1. The van der Waals surface area contributed by atoms with E-state index in [2.05, 4.69) is 4.98 Å². The van der Waals surface area contributed by atoms with Crippen molar-refractivity contribution in [2.45, 2.75) is 37.5 Å². The highest BCUT2D eigenvalue weighted by atomic mass is 19.4. The molecule has 1 aliphatic rings. The number of alkyl halides is 3. The van der Waals surface area contributed by atoms with E-state index in [1.54, 1.807) is 24.3 Å². The van der Waals surface area contributed by atoms with Crippen molar-refractivity contribution in [3.8, 4) is 0 Å². The summed E-state index contributed by atoms with van der Waals surface area (Å²) in [6.45, 7) is -1.04. The Morgan fingerprint density at radius 3 is 2.53 bits per heavy atom. The maximum atomic E-state index is 12.7. The van der Waals surface area contributed by atoms with E-state index >= 15 is 0 Å². The van der Waals surface area contributed by atoms with Gasteiger partial charge in [0.15, 0.2) is 0 Å². The van der Waals surface area contributed by atoms with Crippen LogP contribution in [-0.4, -0.2) is 15.7 Å². The smallest absolute Gasteiger partial charge is 0.319 e. The van der Waals surface area contributed by atoms with Crippen LogP contribution in [-0.2, 0) is 12.1 Å². The van der Waals surface area contributed by atoms with E-state index in [0.29, 0.717) is 29.7 Å². The van der Waals surface area contributed by atoms with Crippen molar-refractivity contribution in [3.05, 3.63) is 30.1 Å². The zero-order valence-electron chi connectivity index (χ0n) is 10.2. The van der Waals surface area contributed by atoms with Gasteiger partial charge < -0.3 is 10.3 Å². The van der Waals surface area contributed by atoms with E-state index in [4.69, 9.17) is 5.73 Å². The lowest BCUT2D eigenvalue weighted by molar-refractivity contribution is -0.140. The molecule has 102 valence electrons. The van der Waals surface area contributed by atoms with Crippen LogP contribution in [0, 0.1) is 0 Å². The third-order valence-electron chi connectivity index (χ3n) is 3.68. The number of benzene rings is 1. The maximum absolute atomic E-state index is 12.7. The van der Waals surface area contributed by atoms with Gasteiger partial charge in [-0.15, -0.1) is 0 Å². The summed E-state index contributed by atoms with van der Waals surface area (Å²) in [6, 6.07) is 6.85. The summed E-state index contributed by atoms with van der Waals surface area (Å²) in [5, 5.41) is 0. The second-order valence-corrected chi connectivity index (χ2v) is 5.14. The molecule has 0 aliphatic heterocycles. The minimum Gasteiger partial charge on any atom is -0.319 e. The van der Waals surface area contributed by atoms with Crippen molar-refractivity contribution in [3.63, 3.8) is 0 Å². The number of rotatable bonds is 2. The monoisotopic (exact) mass is 269 g/mol. The highest BCUT2D eigenvalue weighted by Crippen LogP contribution is 2.40. The molecule has 19 heavy (non-hydrogen) atoms. The summed E-state index contributed by atoms with van der Waals surface area (Å²) in [6.07, 6.45) is -1.97. The zero-order chi connectivity index (χ0) is 13.7. The average Bonchev–Trinajstić information content (AvgIpc) is 2.64. The third-order valence-corrected chi connectivity index (χ3v) is 3.68. The molecule has 1 saturated carbocycles. The topological polar surface area (TPSA) is 43.8 Å². The summed E-state index contributed by atoms with van der Waals surface area (Å²) < 4.78 is 39.5. The number of para-hydroxylation sites is 2. The number of nitrogens with zero attached hydrogens (tertiary/aromatic N) is 2. The fourth-order valence-corrected chi connectivity index (χ4v) is 2.58. The molecule has 0 saturated heterocycles. The molecular formula is C13H14F3N3. The number of imidazole rings is 1. The normalized spacial score (nSPS) is 18.5. The van der Waals surface area contributed by atoms with E-state index in [1.807, 2.05) is 0 Å². The molecule has 0 bridgehead atoms. The lowest BCUT2D eigenvalue weighted by atomic mass is 9.77. The van der Waals surface area contributed by atoms with Gasteiger partial charge in [0.25, 0.3) is 0 Å². The van der Waals surface area contributed by atoms with E-state index in [9.17, 15) is 13.2 Å². The lowest BCUT2D eigenvalue weighted by Gasteiger charge is -2.37. The van der Waals surface area contributed by atoms with Crippen molar-refractivity contribution < 1.29 is 13.2 Å². The second-order valence-electron chi connectivity index (χ2n) is 5.14. The first kappa shape index (κ1) is 12.5. The van der Waals surface area contributed by atoms with Crippen LogP contribution in [0.2, 0.25) is 0 Å². The van der Waals surface area contributed by atoms with Crippen LogP contribution in [0.4, 0.5) is 13.2 Å². The van der Waals surface area contributed by atoms with Crippen LogP contribution >= 0.6 is 0 Å². The van der Waals surface area contributed by atoms with Crippen molar-refractivity contribution in [2.24, 2.45) is 5.73 Å². The van der Waals surface area contributed by atoms with Crippen LogP contribution in [0.15, 0.2) is 24.3 Å². The van der Waals surface area contributed by atoms with Gasteiger partial charge in [-0.2, -0.15) is 13.2 Å². The van der Waals surface area contributed by atoms with Crippen LogP contribution in [0.5, 0.6) is 0 Å². The fraction of sp³-hybridized carbons (Fsp3) is 0.462. The van der Waals surface area contributed by atoms with Gasteiger partial charge in [-0.05, 0) is 31.4 Å². The van der Waals surface area contributed by atoms with Gasteiger partial charge in [0.1, 0.15) is 12.4 Å². The molecule has 3 rings (SSSR count). The van der Waals surface area contributed by atoms with Gasteiger partial charge in [0, 0.05) is 0 Å².